The van der Waals surface area contributed by atoms with Gasteiger partial charge in [-0.3, -0.25) is 9.59 Å². The van der Waals surface area contributed by atoms with E-state index >= 15 is 0 Å². The zero-order valence-corrected chi connectivity index (χ0v) is 5.09. The predicted octanol–water partition coefficient (Wildman–Crippen LogP) is 0.865. The molecule has 0 atom stereocenters. The highest BCUT2D eigenvalue weighted by atomic mass is 16.2. The minimum atomic E-state index is -0.340. The first kappa shape index (κ1) is 6.20. The third-order valence-corrected chi connectivity index (χ3v) is 1.32. The van der Waals surface area contributed by atoms with Crippen LogP contribution in [0.4, 0.5) is 0 Å². The summed E-state index contributed by atoms with van der Waals surface area (Å²) in [4.78, 5) is 21.2. The first-order valence-corrected chi connectivity index (χ1v) is 3.04. The molecule has 0 unspecified atom stereocenters. The zero-order chi connectivity index (χ0) is 6.69. The van der Waals surface area contributed by atoms with Gasteiger partial charge >= 0.3 is 0 Å². The van der Waals surface area contributed by atoms with E-state index in [4.69, 9.17) is 0 Å². The second-order valence-corrected chi connectivity index (χ2v) is 2.08. The van der Waals surface area contributed by atoms with Gasteiger partial charge in [-0.15, -0.1) is 0 Å². The Balaban J connectivity index is 2.68. The van der Waals surface area contributed by atoms with Crippen molar-refractivity contribution in [1.29, 1.82) is 0 Å². The third kappa shape index (κ3) is 1.49. The van der Waals surface area contributed by atoms with Gasteiger partial charge in [-0.1, -0.05) is 6.08 Å². The Morgan fingerprint density at radius 2 is 2.11 bits per heavy atom. The van der Waals surface area contributed by atoms with Crippen molar-refractivity contribution in [1.82, 2.24) is 0 Å². The highest BCUT2D eigenvalue weighted by Crippen LogP contribution is 2.03. The second kappa shape index (κ2) is 2.58. The van der Waals surface area contributed by atoms with E-state index in [1.807, 2.05) is 0 Å². The number of rotatable bonds is 0. The first-order chi connectivity index (χ1) is 4.30. The predicted molar refractivity (Wildman–Crippen MR) is 33.0 cm³/mol. The molecule has 0 aromatic heterocycles. The first-order valence-electron chi connectivity index (χ1n) is 3.04. The molecule has 48 valence electrons. The van der Waals surface area contributed by atoms with Gasteiger partial charge in [-0.25, -0.2) is 0 Å². The molecule has 0 fully saturated rings. The van der Waals surface area contributed by atoms with Crippen LogP contribution in [0.5, 0.6) is 0 Å². The number of Topliss-reactive ketones (excluding diaryl/α,β-unsaturated/α-hetero) is 1. The maximum atomic E-state index is 10.6. The van der Waals surface area contributed by atoms with Crippen LogP contribution in [0, 0.1) is 0 Å². The molecule has 0 aromatic carbocycles. The standard InChI is InChI=1S/C7H8O2/c8-6-4-2-1-3-5-7(6)9/h2,4H,1,3,5H2. The molecule has 0 aliphatic heterocycles. The fourth-order valence-electron chi connectivity index (χ4n) is 0.787. The molecule has 1 rings (SSSR count). The van der Waals surface area contributed by atoms with E-state index in [-0.39, 0.29) is 11.6 Å². The van der Waals surface area contributed by atoms with Crippen molar-refractivity contribution in [3.05, 3.63) is 12.2 Å². The lowest BCUT2D eigenvalue weighted by molar-refractivity contribution is -0.133. The number of ketones is 2. The third-order valence-electron chi connectivity index (χ3n) is 1.32. The summed E-state index contributed by atoms with van der Waals surface area (Å²) < 4.78 is 0. The Bertz CT molecular complexity index is 168. The van der Waals surface area contributed by atoms with E-state index in [1.54, 1.807) is 6.08 Å². The van der Waals surface area contributed by atoms with Crippen molar-refractivity contribution in [2.75, 3.05) is 0 Å². The van der Waals surface area contributed by atoms with Gasteiger partial charge in [0.05, 0.1) is 0 Å². The maximum absolute atomic E-state index is 10.6. The summed E-state index contributed by atoms with van der Waals surface area (Å²) in [5, 5.41) is 0. The Morgan fingerprint density at radius 1 is 1.33 bits per heavy atom. The molecule has 0 amide bonds. The van der Waals surface area contributed by atoms with E-state index in [0.717, 1.165) is 12.8 Å². The van der Waals surface area contributed by atoms with Crippen LogP contribution in [-0.2, 0) is 9.59 Å². The van der Waals surface area contributed by atoms with Gasteiger partial charge in [0.1, 0.15) is 0 Å². The number of carbonyl (C=O) groups is 2. The topological polar surface area (TPSA) is 34.1 Å². The summed E-state index contributed by atoms with van der Waals surface area (Å²) in [5.74, 6) is -0.587. The molecule has 0 bridgehead atoms. The summed E-state index contributed by atoms with van der Waals surface area (Å²) in [7, 11) is 0. The SMILES string of the molecule is O=C1C=CCCCC1=O. The minimum Gasteiger partial charge on any atom is -0.291 e. The summed E-state index contributed by atoms with van der Waals surface area (Å²) in [6.45, 7) is 0. The molecule has 0 saturated carbocycles. The van der Waals surface area contributed by atoms with Crippen LogP contribution < -0.4 is 0 Å². The van der Waals surface area contributed by atoms with E-state index in [0.29, 0.717) is 6.42 Å². The summed E-state index contributed by atoms with van der Waals surface area (Å²) in [5.41, 5.74) is 0. The molecule has 1 aliphatic rings. The van der Waals surface area contributed by atoms with Gasteiger partial charge in [-0.05, 0) is 18.9 Å². The van der Waals surface area contributed by atoms with E-state index < -0.39 is 0 Å². The lowest BCUT2D eigenvalue weighted by atomic mass is 10.2. The smallest absolute Gasteiger partial charge is 0.221 e. The highest BCUT2D eigenvalue weighted by Gasteiger charge is 2.10. The molecule has 2 heteroatoms. The molecule has 0 heterocycles. The number of hydrogen-bond donors (Lipinski definition) is 0. The number of hydrogen-bond acceptors (Lipinski definition) is 2. The molecule has 1 aliphatic carbocycles. The largest absolute Gasteiger partial charge is 0.291 e. The van der Waals surface area contributed by atoms with Crippen molar-refractivity contribution in [3.8, 4) is 0 Å². The van der Waals surface area contributed by atoms with Crippen molar-refractivity contribution in [2.45, 2.75) is 19.3 Å². The fourth-order valence-corrected chi connectivity index (χ4v) is 0.787. The number of allylic oxidation sites excluding steroid dienone is 2. The maximum Gasteiger partial charge on any atom is 0.221 e. The van der Waals surface area contributed by atoms with Gasteiger partial charge in [0.25, 0.3) is 0 Å². The average molecular weight is 124 g/mol. The molecule has 0 N–H and O–H groups in total. The quantitative estimate of drug-likeness (QED) is 0.449. The van der Waals surface area contributed by atoms with Crippen molar-refractivity contribution in [2.24, 2.45) is 0 Å². The molecule has 9 heavy (non-hydrogen) atoms. The van der Waals surface area contributed by atoms with Crippen LogP contribution in [0.25, 0.3) is 0 Å². The lowest BCUT2D eigenvalue weighted by Crippen LogP contribution is -2.07. The van der Waals surface area contributed by atoms with Gasteiger partial charge in [0.15, 0.2) is 0 Å². The Morgan fingerprint density at radius 3 is 2.89 bits per heavy atom. The van der Waals surface area contributed by atoms with E-state index in [2.05, 4.69) is 0 Å². The van der Waals surface area contributed by atoms with Crippen LogP contribution in [0.2, 0.25) is 0 Å². The normalized spacial score (nSPS) is 20.0. The summed E-state index contributed by atoms with van der Waals surface area (Å²) in [6, 6.07) is 0. The van der Waals surface area contributed by atoms with Crippen molar-refractivity contribution >= 4 is 11.6 Å². The fraction of sp³-hybridized carbons (Fsp3) is 0.429. The molecule has 0 aromatic rings. The van der Waals surface area contributed by atoms with Gasteiger partial charge < -0.3 is 0 Å². The molecule has 0 saturated heterocycles. The molecule has 0 radical (unpaired) electrons. The van der Waals surface area contributed by atoms with Gasteiger partial charge in [-0.2, -0.15) is 0 Å². The minimum absolute atomic E-state index is 0.247. The van der Waals surface area contributed by atoms with Crippen LogP contribution >= 0.6 is 0 Å². The molecule has 0 spiro atoms. The van der Waals surface area contributed by atoms with Crippen molar-refractivity contribution < 1.29 is 9.59 Å². The Kier molecular flexibility index (Phi) is 1.78. The summed E-state index contributed by atoms with van der Waals surface area (Å²) >= 11 is 0. The van der Waals surface area contributed by atoms with Crippen LogP contribution in [0.1, 0.15) is 19.3 Å². The molecular formula is C7H8O2. The number of carbonyl (C=O) groups excluding carboxylic acids is 2. The van der Waals surface area contributed by atoms with Crippen LogP contribution in [-0.4, -0.2) is 11.6 Å². The Hall–Kier alpha value is -0.920. The van der Waals surface area contributed by atoms with Crippen LogP contribution in [0.3, 0.4) is 0 Å². The highest BCUT2D eigenvalue weighted by molar-refractivity contribution is 6.41. The van der Waals surface area contributed by atoms with E-state index in [9.17, 15) is 9.59 Å². The van der Waals surface area contributed by atoms with E-state index in [1.165, 1.54) is 6.08 Å². The lowest BCUT2D eigenvalue weighted by Gasteiger charge is -1.86. The van der Waals surface area contributed by atoms with Gasteiger partial charge in [0, 0.05) is 6.42 Å². The van der Waals surface area contributed by atoms with Gasteiger partial charge in [0.2, 0.25) is 11.6 Å². The monoisotopic (exact) mass is 124 g/mol. The summed E-state index contributed by atoms with van der Waals surface area (Å²) in [6.07, 6.45) is 5.23. The average Bonchev–Trinajstić information content (AvgIpc) is 1.99. The molecule has 2 nitrogen and oxygen atoms in total. The molecular weight excluding hydrogens is 116 g/mol. The van der Waals surface area contributed by atoms with Crippen molar-refractivity contribution in [3.63, 3.8) is 0 Å². The zero-order valence-electron chi connectivity index (χ0n) is 5.09. The Labute approximate surface area is 53.6 Å². The second-order valence-electron chi connectivity index (χ2n) is 2.08. The van der Waals surface area contributed by atoms with Crippen LogP contribution in [0.15, 0.2) is 12.2 Å².